The number of nitrogens with zero attached hydrogens (tertiary/aromatic N) is 1. The van der Waals surface area contributed by atoms with Gasteiger partial charge in [0.1, 0.15) is 12.8 Å². The molecule has 0 aromatic carbocycles. The molecule has 0 bridgehead atoms. The Labute approximate surface area is 123 Å². The zero-order valence-corrected chi connectivity index (χ0v) is 11.8. The van der Waals surface area contributed by atoms with Crippen LogP contribution in [0.2, 0.25) is 0 Å². The zero-order chi connectivity index (χ0) is 15.4. The van der Waals surface area contributed by atoms with Gasteiger partial charge in [-0.1, -0.05) is 0 Å². The minimum atomic E-state index is -1.20. The number of aromatic nitrogens is 1. The highest BCUT2D eigenvalue weighted by atomic mass is 32.1. The van der Waals surface area contributed by atoms with Crippen LogP contribution in [-0.2, 0) is 23.9 Å². The van der Waals surface area contributed by atoms with Gasteiger partial charge in [-0.15, -0.1) is 11.3 Å². The predicted molar refractivity (Wildman–Crippen MR) is 70.6 cm³/mol. The molecule has 9 nitrogen and oxygen atoms in total. The number of amides is 2. The fourth-order valence-electron chi connectivity index (χ4n) is 1.61. The number of ether oxygens (including phenoxy) is 2. The van der Waals surface area contributed by atoms with Gasteiger partial charge >= 0.3 is 5.97 Å². The SMILES string of the molecule is CC(NC(=O)[C@@H]1OCO[C@H]1C(=O)Nc1nccs1)C(=O)O. The van der Waals surface area contributed by atoms with Gasteiger partial charge in [0.15, 0.2) is 17.3 Å². The van der Waals surface area contributed by atoms with Crippen LogP contribution >= 0.6 is 11.3 Å². The summed E-state index contributed by atoms with van der Waals surface area (Å²) in [4.78, 5) is 38.5. The van der Waals surface area contributed by atoms with Crippen molar-refractivity contribution in [3.63, 3.8) is 0 Å². The second-order valence-corrected chi connectivity index (χ2v) is 5.08. The largest absolute Gasteiger partial charge is 0.480 e. The molecule has 1 unspecified atom stereocenters. The second-order valence-electron chi connectivity index (χ2n) is 4.19. The molecule has 1 fully saturated rings. The van der Waals surface area contributed by atoms with Crippen molar-refractivity contribution in [2.75, 3.05) is 12.1 Å². The van der Waals surface area contributed by atoms with Crippen molar-refractivity contribution >= 4 is 34.3 Å². The van der Waals surface area contributed by atoms with Crippen LogP contribution in [0.15, 0.2) is 11.6 Å². The number of carboxylic acids is 1. The highest BCUT2D eigenvalue weighted by Crippen LogP contribution is 2.17. The van der Waals surface area contributed by atoms with Gasteiger partial charge in [0.05, 0.1) is 0 Å². The Balaban J connectivity index is 1.97. The molecule has 1 saturated heterocycles. The topological polar surface area (TPSA) is 127 Å². The Morgan fingerprint density at radius 1 is 1.38 bits per heavy atom. The van der Waals surface area contributed by atoms with E-state index in [9.17, 15) is 14.4 Å². The number of nitrogens with one attached hydrogen (secondary N) is 2. The van der Waals surface area contributed by atoms with E-state index in [0.29, 0.717) is 5.13 Å². The lowest BCUT2D eigenvalue weighted by Crippen LogP contribution is -2.49. The van der Waals surface area contributed by atoms with Crippen molar-refractivity contribution in [1.82, 2.24) is 10.3 Å². The van der Waals surface area contributed by atoms with Crippen molar-refractivity contribution in [1.29, 1.82) is 0 Å². The number of anilines is 1. The first-order valence-electron chi connectivity index (χ1n) is 5.96. The minimum absolute atomic E-state index is 0.227. The summed E-state index contributed by atoms with van der Waals surface area (Å²) in [5.74, 6) is -2.49. The number of carbonyl (C=O) groups excluding carboxylic acids is 2. The van der Waals surface area contributed by atoms with Crippen LogP contribution in [-0.4, -0.2) is 52.9 Å². The number of aliphatic carboxylic acids is 1. The fraction of sp³-hybridized carbons (Fsp3) is 0.455. The molecule has 1 aromatic heterocycles. The molecule has 0 saturated carbocycles. The maximum absolute atomic E-state index is 12.0. The highest BCUT2D eigenvalue weighted by Gasteiger charge is 2.41. The Hall–Kier alpha value is -2.04. The average molecular weight is 315 g/mol. The third kappa shape index (κ3) is 3.74. The van der Waals surface area contributed by atoms with Crippen molar-refractivity contribution in [3.8, 4) is 0 Å². The van der Waals surface area contributed by atoms with Gasteiger partial charge < -0.3 is 19.9 Å². The van der Waals surface area contributed by atoms with Gasteiger partial charge in [0, 0.05) is 11.6 Å². The van der Waals surface area contributed by atoms with E-state index in [1.54, 1.807) is 5.38 Å². The molecule has 2 amide bonds. The average Bonchev–Trinajstić information content (AvgIpc) is 3.08. The summed E-state index contributed by atoms with van der Waals surface area (Å²) in [7, 11) is 0. The predicted octanol–water partition coefficient (Wildman–Crippen LogP) is -0.588. The first-order valence-corrected chi connectivity index (χ1v) is 6.83. The molecule has 2 rings (SSSR count). The number of hydrogen-bond donors (Lipinski definition) is 3. The van der Waals surface area contributed by atoms with Crippen molar-refractivity contribution in [2.45, 2.75) is 25.2 Å². The van der Waals surface area contributed by atoms with Crippen LogP contribution in [0.3, 0.4) is 0 Å². The van der Waals surface area contributed by atoms with E-state index in [1.165, 1.54) is 24.5 Å². The van der Waals surface area contributed by atoms with E-state index in [2.05, 4.69) is 15.6 Å². The van der Waals surface area contributed by atoms with E-state index >= 15 is 0 Å². The number of carbonyl (C=O) groups is 3. The summed E-state index contributed by atoms with van der Waals surface area (Å²) >= 11 is 1.22. The lowest BCUT2D eigenvalue weighted by atomic mass is 10.1. The van der Waals surface area contributed by atoms with Crippen molar-refractivity contribution < 1.29 is 29.0 Å². The summed E-state index contributed by atoms with van der Waals surface area (Å²) in [6.45, 7) is 1.08. The summed E-state index contributed by atoms with van der Waals surface area (Å²) in [5, 5.41) is 15.5. The molecule has 3 N–H and O–H groups in total. The molecule has 0 radical (unpaired) electrons. The molecule has 10 heteroatoms. The van der Waals surface area contributed by atoms with Gasteiger partial charge in [0.2, 0.25) is 0 Å². The molecule has 0 spiro atoms. The van der Waals surface area contributed by atoms with Gasteiger partial charge in [-0.2, -0.15) is 0 Å². The van der Waals surface area contributed by atoms with Gasteiger partial charge in [-0.3, -0.25) is 19.7 Å². The lowest BCUT2D eigenvalue weighted by Gasteiger charge is -2.17. The summed E-state index contributed by atoms with van der Waals surface area (Å²) in [6.07, 6.45) is -0.841. The molecule has 3 atom stereocenters. The Morgan fingerprint density at radius 2 is 2.05 bits per heavy atom. The van der Waals surface area contributed by atoms with Gasteiger partial charge in [-0.05, 0) is 6.92 Å². The van der Waals surface area contributed by atoms with Crippen LogP contribution in [0.4, 0.5) is 5.13 Å². The summed E-state index contributed by atoms with van der Waals surface area (Å²) in [6, 6.07) is -1.09. The maximum atomic E-state index is 12.0. The van der Waals surface area contributed by atoms with E-state index < -0.39 is 36.0 Å². The van der Waals surface area contributed by atoms with E-state index in [-0.39, 0.29) is 6.79 Å². The van der Waals surface area contributed by atoms with E-state index in [4.69, 9.17) is 14.6 Å². The first-order chi connectivity index (χ1) is 9.99. The summed E-state index contributed by atoms with van der Waals surface area (Å²) < 4.78 is 10.1. The van der Waals surface area contributed by atoms with Crippen molar-refractivity contribution in [3.05, 3.63) is 11.6 Å². The van der Waals surface area contributed by atoms with Crippen LogP contribution in [0, 0.1) is 0 Å². The molecule has 1 aliphatic rings. The van der Waals surface area contributed by atoms with Crippen LogP contribution < -0.4 is 10.6 Å². The molecule has 1 aliphatic heterocycles. The smallest absolute Gasteiger partial charge is 0.325 e. The Bertz CT molecular complexity index is 534. The van der Waals surface area contributed by atoms with Crippen LogP contribution in [0.5, 0.6) is 0 Å². The number of carboxylic acid groups (broad SMARTS) is 1. The Morgan fingerprint density at radius 3 is 2.62 bits per heavy atom. The normalized spacial score (nSPS) is 22.5. The molecule has 21 heavy (non-hydrogen) atoms. The third-order valence-corrected chi connectivity index (χ3v) is 3.37. The molecule has 1 aromatic rings. The third-order valence-electron chi connectivity index (χ3n) is 2.68. The maximum Gasteiger partial charge on any atom is 0.325 e. The van der Waals surface area contributed by atoms with Crippen molar-refractivity contribution in [2.24, 2.45) is 0 Å². The quantitative estimate of drug-likeness (QED) is 0.663. The van der Waals surface area contributed by atoms with Gasteiger partial charge in [-0.25, -0.2) is 4.98 Å². The van der Waals surface area contributed by atoms with Crippen LogP contribution in [0.1, 0.15) is 6.92 Å². The number of hydrogen-bond acceptors (Lipinski definition) is 7. The lowest BCUT2D eigenvalue weighted by molar-refractivity contribution is -0.143. The molecular formula is C11H13N3O6S. The second kappa shape index (κ2) is 6.61. The Kier molecular flexibility index (Phi) is 4.83. The standard InChI is InChI=1S/C11H13N3O6S/c1-5(10(17)18)13-8(15)6-7(20-4-19-6)9(16)14-11-12-2-3-21-11/h2-3,5-7H,4H2,1H3,(H,13,15)(H,17,18)(H,12,14,16)/t5?,6-,7-/m1/s1. The molecule has 114 valence electrons. The number of rotatable bonds is 5. The van der Waals surface area contributed by atoms with Crippen LogP contribution in [0.25, 0.3) is 0 Å². The zero-order valence-electron chi connectivity index (χ0n) is 10.9. The minimum Gasteiger partial charge on any atom is -0.480 e. The van der Waals surface area contributed by atoms with E-state index in [0.717, 1.165) is 0 Å². The highest BCUT2D eigenvalue weighted by molar-refractivity contribution is 7.13. The monoisotopic (exact) mass is 315 g/mol. The van der Waals surface area contributed by atoms with Gasteiger partial charge in [0.25, 0.3) is 11.8 Å². The number of thiazole rings is 1. The van der Waals surface area contributed by atoms with E-state index in [1.807, 2.05) is 0 Å². The first kappa shape index (κ1) is 15.4. The molecular weight excluding hydrogens is 302 g/mol. The molecule has 0 aliphatic carbocycles. The fourth-order valence-corrected chi connectivity index (χ4v) is 2.14. The molecule has 2 heterocycles. The summed E-state index contributed by atoms with van der Waals surface area (Å²) in [5.41, 5.74) is 0.